The lowest BCUT2D eigenvalue weighted by Gasteiger charge is -2.41. The fraction of sp³-hybridized carbons (Fsp3) is 1.00. The minimum absolute atomic E-state index is 0.412. The summed E-state index contributed by atoms with van der Waals surface area (Å²) in [5.74, 6) is -0.650. The highest BCUT2D eigenvalue weighted by Crippen LogP contribution is 2.21. The van der Waals surface area contributed by atoms with Crippen molar-refractivity contribution in [3.63, 3.8) is 0 Å². The van der Waals surface area contributed by atoms with Crippen LogP contribution in [0.3, 0.4) is 0 Å². The first kappa shape index (κ1) is 50.8. The molecule has 0 fully saturated rings. The second-order valence-electron chi connectivity index (χ2n) is 16.7. The van der Waals surface area contributed by atoms with E-state index in [2.05, 4.69) is 20.8 Å². The molecule has 0 saturated heterocycles. The molecule has 308 valence electrons. The fourth-order valence-corrected chi connectivity index (χ4v) is 8.79. The van der Waals surface area contributed by atoms with Crippen LogP contribution >= 0.6 is 0 Å². The molecule has 0 spiro atoms. The molecule has 1 unspecified atom stereocenters. The van der Waals surface area contributed by atoms with Gasteiger partial charge in [-0.2, -0.15) is 0 Å². The number of aliphatic hydroxyl groups excluding tert-OH is 1. The quantitative estimate of drug-likeness (QED) is 0.0383. The Balaban J connectivity index is 4.90. The maximum absolute atomic E-state index is 11.6. The van der Waals surface area contributed by atoms with Gasteiger partial charge < -0.3 is 14.1 Å². The van der Waals surface area contributed by atoms with Crippen LogP contribution in [0.1, 0.15) is 252 Å². The van der Waals surface area contributed by atoms with Gasteiger partial charge in [-0.15, -0.1) is 0 Å². The van der Waals surface area contributed by atoms with E-state index in [0.717, 1.165) is 43.4 Å². The van der Waals surface area contributed by atoms with Gasteiger partial charge in [0.05, 0.1) is 35.5 Å². The van der Waals surface area contributed by atoms with E-state index in [1.807, 2.05) is 0 Å². The highest BCUT2D eigenvalue weighted by atomic mass is 32.2. The van der Waals surface area contributed by atoms with Gasteiger partial charge in [-0.25, -0.2) is 8.42 Å². The molecule has 0 aromatic rings. The minimum atomic E-state index is -4.45. The second-order valence-corrected chi connectivity index (χ2v) is 18.2. The van der Waals surface area contributed by atoms with Crippen LogP contribution in [0.15, 0.2) is 0 Å². The Hall–Kier alpha value is -0.170. The van der Waals surface area contributed by atoms with Crippen LogP contribution in [0.5, 0.6) is 0 Å². The largest absolute Gasteiger partial charge is 0.748 e. The molecule has 0 aliphatic rings. The van der Waals surface area contributed by atoms with E-state index in [9.17, 15) is 18.1 Å². The third kappa shape index (κ3) is 37.9. The number of quaternary nitrogens is 1. The van der Waals surface area contributed by atoms with Crippen molar-refractivity contribution in [1.29, 1.82) is 0 Å². The molecule has 51 heavy (non-hydrogen) atoms. The Bertz CT molecular complexity index is 720. The summed E-state index contributed by atoms with van der Waals surface area (Å²) >= 11 is 0. The number of nitrogens with zero attached hydrogens (tertiary/aromatic N) is 1. The Morgan fingerprint density at radius 1 is 0.392 bits per heavy atom. The van der Waals surface area contributed by atoms with Crippen LogP contribution in [0.25, 0.3) is 0 Å². The smallest absolute Gasteiger partial charge is 0.116 e. The summed E-state index contributed by atoms with van der Waals surface area (Å²) in [5, 5.41) is 10.9. The summed E-state index contributed by atoms with van der Waals surface area (Å²) in [5.41, 5.74) is 0. The molecule has 0 aromatic carbocycles. The van der Waals surface area contributed by atoms with Gasteiger partial charge in [0.15, 0.2) is 0 Å². The molecule has 0 aliphatic heterocycles. The number of aliphatic hydroxyl groups is 1. The van der Waals surface area contributed by atoms with Gasteiger partial charge >= 0.3 is 0 Å². The third-order valence-electron chi connectivity index (χ3n) is 11.5. The zero-order valence-electron chi connectivity index (χ0n) is 35.1. The van der Waals surface area contributed by atoms with Gasteiger partial charge in [-0.3, -0.25) is 0 Å². The number of rotatable bonds is 43. The van der Waals surface area contributed by atoms with Crippen LogP contribution < -0.4 is 0 Å². The van der Waals surface area contributed by atoms with Gasteiger partial charge in [0.2, 0.25) is 0 Å². The van der Waals surface area contributed by atoms with Crippen LogP contribution in [0.4, 0.5) is 0 Å². The summed E-state index contributed by atoms with van der Waals surface area (Å²) < 4.78 is 35.7. The van der Waals surface area contributed by atoms with Crippen molar-refractivity contribution >= 4 is 10.1 Å². The summed E-state index contributed by atoms with van der Waals surface area (Å²) in [6.45, 7) is 10.3. The molecule has 0 aliphatic carbocycles. The summed E-state index contributed by atoms with van der Waals surface area (Å²) in [6.07, 6.45) is 46.5. The zero-order valence-corrected chi connectivity index (χ0v) is 35.9. The van der Waals surface area contributed by atoms with Gasteiger partial charge in [-0.1, -0.05) is 213 Å². The molecule has 0 amide bonds. The van der Waals surface area contributed by atoms with Crippen molar-refractivity contribution in [2.24, 2.45) is 0 Å². The molecule has 0 aromatic heterocycles. The van der Waals surface area contributed by atoms with E-state index in [0.29, 0.717) is 6.54 Å². The number of hydrogen-bond acceptors (Lipinski definition) is 4. The molecule has 5 nitrogen and oxygen atoms in total. The molecule has 0 saturated carbocycles. The molecule has 0 rings (SSSR count). The summed E-state index contributed by atoms with van der Waals surface area (Å²) in [6, 6.07) is 0. The van der Waals surface area contributed by atoms with Crippen molar-refractivity contribution in [3.05, 3.63) is 0 Å². The lowest BCUT2D eigenvalue weighted by atomic mass is 10.0. The van der Waals surface area contributed by atoms with E-state index in [-0.39, 0.29) is 0 Å². The molecular formula is C45H93NO4S. The lowest BCUT2D eigenvalue weighted by Crippen LogP contribution is -2.55. The normalized spacial score (nSPS) is 13.0. The van der Waals surface area contributed by atoms with Crippen molar-refractivity contribution in [3.8, 4) is 0 Å². The maximum atomic E-state index is 11.6. The van der Waals surface area contributed by atoms with Gasteiger partial charge in [0, 0.05) is 0 Å². The van der Waals surface area contributed by atoms with Crippen molar-refractivity contribution in [2.45, 2.75) is 258 Å². The summed E-state index contributed by atoms with van der Waals surface area (Å²) in [4.78, 5) is 0. The van der Waals surface area contributed by atoms with Crippen LogP contribution in [-0.2, 0) is 10.1 Å². The average Bonchev–Trinajstić information content (AvgIpc) is 3.09. The molecule has 0 radical (unpaired) electrons. The topological polar surface area (TPSA) is 77.4 Å². The van der Waals surface area contributed by atoms with Crippen LogP contribution in [-0.4, -0.2) is 60.6 Å². The monoisotopic (exact) mass is 744 g/mol. The standard InChI is InChI=1S/C45H93NO4S/c1-4-7-10-13-16-19-22-25-28-31-34-37-40-46(43-45(47)44-51(48,49)50,41-38-35-32-29-26-23-20-17-14-11-8-5-2)42-39-36-33-30-27-24-21-18-15-12-9-6-3/h45,47H,4-44H2,1-3H3. The molecule has 0 heterocycles. The SMILES string of the molecule is CCCCCCCCCCCCCC[N+](CCCCCCCCCCCCCC)(CCCCCCCCCCCCCC)CC(O)CS(=O)(=O)[O-]. The Morgan fingerprint density at radius 3 is 0.784 bits per heavy atom. The van der Waals surface area contributed by atoms with E-state index in [1.54, 1.807) is 0 Å². The third-order valence-corrected chi connectivity index (χ3v) is 12.2. The van der Waals surface area contributed by atoms with Gasteiger partial charge in [-0.05, 0) is 38.5 Å². The van der Waals surface area contributed by atoms with E-state index in [1.165, 1.54) is 212 Å². The van der Waals surface area contributed by atoms with Crippen LogP contribution in [0.2, 0.25) is 0 Å². The van der Waals surface area contributed by atoms with Crippen molar-refractivity contribution < 1.29 is 22.6 Å². The van der Waals surface area contributed by atoms with E-state index in [4.69, 9.17) is 0 Å². The Kier molecular flexibility index (Phi) is 38.0. The maximum Gasteiger partial charge on any atom is 0.116 e. The highest BCUT2D eigenvalue weighted by Gasteiger charge is 2.30. The average molecular weight is 744 g/mol. The van der Waals surface area contributed by atoms with Gasteiger partial charge in [0.1, 0.15) is 12.6 Å². The molecular weight excluding hydrogens is 651 g/mol. The minimum Gasteiger partial charge on any atom is -0.748 e. The second kappa shape index (κ2) is 38.1. The van der Waals surface area contributed by atoms with Crippen molar-refractivity contribution in [2.75, 3.05) is 31.9 Å². The Labute approximate surface area is 321 Å². The summed E-state index contributed by atoms with van der Waals surface area (Å²) in [7, 11) is -4.45. The predicted octanol–water partition coefficient (Wildman–Crippen LogP) is 13.8. The van der Waals surface area contributed by atoms with Gasteiger partial charge in [0.25, 0.3) is 0 Å². The highest BCUT2D eigenvalue weighted by molar-refractivity contribution is 7.85. The fourth-order valence-electron chi connectivity index (χ4n) is 8.21. The first-order valence-electron chi connectivity index (χ1n) is 23.2. The first-order valence-corrected chi connectivity index (χ1v) is 24.8. The van der Waals surface area contributed by atoms with Crippen LogP contribution in [0, 0.1) is 0 Å². The zero-order chi connectivity index (χ0) is 37.6. The molecule has 6 heteroatoms. The Morgan fingerprint density at radius 2 is 0.588 bits per heavy atom. The van der Waals surface area contributed by atoms with E-state index < -0.39 is 22.0 Å². The van der Waals surface area contributed by atoms with E-state index >= 15 is 0 Å². The van der Waals surface area contributed by atoms with Crippen molar-refractivity contribution in [1.82, 2.24) is 0 Å². The number of hydrogen-bond donors (Lipinski definition) is 1. The molecule has 0 bridgehead atoms. The first-order chi connectivity index (χ1) is 24.8. The lowest BCUT2D eigenvalue weighted by molar-refractivity contribution is -0.931. The predicted molar refractivity (Wildman–Crippen MR) is 224 cm³/mol. The molecule has 1 atom stereocenters. The molecule has 1 N–H and O–H groups in total. The number of unbranched alkanes of at least 4 members (excludes halogenated alkanes) is 33.